The number of hydrogen-bond donors (Lipinski definition) is 1. The lowest BCUT2D eigenvalue weighted by molar-refractivity contribution is 0.0696. The van der Waals surface area contributed by atoms with Crippen LogP contribution in [0.2, 0.25) is 0 Å². The maximum absolute atomic E-state index is 13.5. The molecule has 1 N–H and O–H groups in total. The molecule has 5 nitrogen and oxygen atoms in total. The number of anilines is 1. The van der Waals surface area contributed by atoms with Crippen molar-refractivity contribution in [2.75, 3.05) is 19.0 Å². The number of benzene rings is 1. The van der Waals surface area contributed by atoms with Crippen LogP contribution in [0.3, 0.4) is 0 Å². The molecular weight excluding hydrogens is 215 g/mol. The molecule has 0 bridgehead atoms. The summed E-state index contributed by atoms with van der Waals surface area (Å²) in [7, 11) is 3.39. The number of aromatic carboxylic acids is 1. The summed E-state index contributed by atoms with van der Waals surface area (Å²) in [6.07, 6.45) is 0. The molecule has 0 aliphatic carbocycles. The zero-order chi connectivity index (χ0) is 11.9. The Balaban J connectivity index is 2.68. The van der Waals surface area contributed by atoms with Crippen LogP contribution in [0.25, 0.3) is 11.1 Å². The Kier molecular flexibility index (Phi) is 2.26. The molecule has 0 amide bonds. The van der Waals surface area contributed by atoms with E-state index in [4.69, 9.17) is 9.52 Å². The second-order valence-electron chi connectivity index (χ2n) is 3.50. The number of rotatable bonds is 2. The van der Waals surface area contributed by atoms with Crippen LogP contribution in [0.5, 0.6) is 0 Å². The Morgan fingerprint density at radius 2 is 2.19 bits per heavy atom. The summed E-state index contributed by atoms with van der Waals surface area (Å²) in [4.78, 5) is 16.2. The van der Waals surface area contributed by atoms with Crippen LogP contribution in [0, 0.1) is 5.82 Å². The topological polar surface area (TPSA) is 66.6 Å². The maximum atomic E-state index is 13.5. The first-order valence-corrected chi connectivity index (χ1v) is 4.49. The maximum Gasteiger partial charge on any atom is 0.335 e. The van der Waals surface area contributed by atoms with Crippen LogP contribution in [0.15, 0.2) is 16.5 Å². The minimum absolute atomic E-state index is 0.0336. The third-order valence-corrected chi connectivity index (χ3v) is 2.06. The van der Waals surface area contributed by atoms with Crippen molar-refractivity contribution in [1.82, 2.24) is 4.98 Å². The fraction of sp³-hybridized carbons (Fsp3) is 0.200. The SMILES string of the molecule is CN(C)c1nc2cc(C(=O)O)cc(F)c2o1. The van der Waals surface area contributed by atoms with Crippen molar-refractivity contribution < 1.29 is 18.7 Å². The Morgan fingerprint density at radius 3 is 2.75 bits per heavy atom. The molecule has 0 unspecified atom stereocenters. The average molecular weight is 224 g/mol. The van der Waals surface area contributed by atoms with Gasteiger partial charge in [0.15, 0.2) is 11.4 Å². The predicted octanol–water partition coefficient (Wildman–Crippen LogP) is 1.73. The van der Waals surface area contributed by atoms with Crippen molar-refractivity contribution in [3.63, 3.8) is 0 Å². The van der Waals surface area contributed by atoms with Gasteiger partial charge >= 0.3 is 5.97 Å². The highest BCUT2D eigenvalue weighted by Crippen LogP contribution is 2.24. The average Bonchev–Trinajstić information content (AvgIpc) is 2.61. The number of carboxylic acids is 1. The number of nitrogens with zero attached hydrogens (tertiary/aromatic N) is 2. The molecule has 0 spiro atoms. The molecule has 16 heavy (non-hydrogen) atoms. The molecule has 84 valence electrons. The van der Waals surface area contributed by atoms with Gasteiger partial charge in [0.1, 0.15) is 5.52 Å². The predicted molar refractivity (Wildman–Crippen MR) is 55.3 cm³/mol. The Labute approximate surface area is 90.1 Å². The second kappa shape index (κ2) is 3.48. The first kappa shape index (κ1) is 10.4. The number of carboxylic acid groups (broad SMARTS) is 1. The zero-order valence-electron chi connectivity index (χ0n) is 8.69. The zero-order valence-corrected chi connectivity index (χ0v) is 8.69. The molecule has 0 saturated heterocycles. The summed E-state index contributed by atoms with van der Waals surface area (Å²) in [6.45, 7) is 0. The van der Waals surface area contributed by atoms with Crippen molar-refractivity contribution in [3.8, 4) is 0 Å². The van der Waals surface area contributed by atoms with Crippen molar-refractivity contribution >= 4 is 23.1 Å². The Hall–Kier alpha value is -2.11. The van der Waals surface area contributed by atoms with Gasteiger partial charge in [-0.1, -0.05) is 0 Å². The van der Waals surface area contributed by atoms with Crippen molar-refractivity contribution in [3.05, 3.63) is 23.5 Å². The summed E-state index contributed by atoms with van der Waals surface area (Å²) >= 11 is 0. The normalized spacial score (nSPS) is 10.7. The fourth-order valence-corrected chi connectivity index (χ4v) is 1.29. The number of oxazole rings is 1. The minimum Gasteiger partial charge on any atom is -0.478 e. The van der Waals surface area contributed by atoms with E-state index in [1.807, 2.05) is 0 Å². The van der Waals surface area contributed by atoms with Gasteiger partial charge in [0.2, 0.25) is 0 Å². The third kappa shape index (κ3) is 1.58. The highest BCUT2D eigenvalue weighted by molar-refractivity contribution is 5.92. The molecule has 0 radical (unpaired) electrons. The lowest BCUT2D eigenvalue weighted by Crippen LogP contribution is -2.08. The molecule has 1 heterocycles. The molecule has 0 atom stereocenters. The van der Waals surface area contributed by atoms with Crippen molar-refractivity contribution in [2.24, 2.45) is 0 Å². The van der Waals surface area contributed by atoms with E-state index in [1.165, 1.54) is 6.07 Å². The summed E-state index contributed by atoms with van der Waals surface area (Å²) in [5.41, 5.74) is 0.0124. The van der Waals surface area contributed by atoms with Crippen LogP contribution in [0.1, 0.15) is 10.4 Å². The van der Waals surface area contributed by atoms with E-state index < -0.39 is 11.8 Å². The van der Waals surface area contributed by atoms with Gasteiger partial charge in [0.25, 0.3) is 6.01 Å². The number of aromatic nitrogens is 1. The Bertz CT molecular complexity index is 562. The smallest absolute Gasteiger partial charge is 0.335 e. The van der Waals surface area contributed by atoms with Crippen LogP contribution in [0.4, 0.5) is 10.4 Å². The molecule has 0 aliphatic rings. The van der Waals surface area contributed by atoms with Gasteiger partial charge in [-0.25, -0.2) is 9.18 Å². The van der Waals surface area contributed by atoms with E-state index in [1.54, 1.807) is 19.0 Å². The van der Waals surface area contributed by atoms with Crippen LogP contribution in [-0.2, 0) is 0 Å². The highest BCUT2D eigenvalue weighted by atomic mass is 19.1. The quantitative estimate of drug-likeness (QED) is 0.841. The Morgan fingerprint density at radius 1 is 1.50 bits per heavy atom. The summed E-state index contributed by atoms with van der Waals surface area (Å²) < 4.78 is 18.6. The fourth-order valence-electron chi connectivity index (χ4n) is 1.29. The van der Waals surface area contributed by atoms with Crippen LogP contribution in [-0.4, -0.2) is 30.2 Å². The first-order valence-electron chi connectivity index (χ1n) is 4.49. The molecule has 2 rings (SSSR count). The monoisotopic (exact) mass is 224 g/mol. The van der Waals surface area contributed by atoms with E-state index in [9.17, 15) is 9.18 Å². The molecule has 1 aromatic carbocycles. The van der Waals surface area contributed by atoms with Gasteiger partial charge in [-0.15, -0.1) is 0 Å². The lowest BCUT2D eigenvalue weighted by Gasteiger charge is -2.03. The number of halogens is 1. The third-order valence-electron chi connectivity index (χ3n) is 2.06. The number of hydrogen-bond acceptors (Lipinski definition) is 4. The highest BCUT2D eigenvalue weighted by Gasteiger charge is 2.15. The van der Waals surface area contributed by atoms with E-state index in [0.29, 0.717) is 0 Å². The van der Waals surface area contributed by atoms with Gasteiger partial charge < -0.3 is 14.4 Å². The molecule has 6 heteroatoms. The van der Waals surface area contributed by atoms with Gasteiger partial charge in [-0.05, 0) is 12.1 Å². The van der Waals surface area contributed by atoms with E-state index in [0.717, 1.165) is 6.07 Å². The summed E-state index contributed by atoms with van der Waals surface area (Å²) in [5.74, 6) is -1.93. The van der Waals surface area contributed by atoms with E-state index in [2.05, 4.69) is 4.98 Å². The van der Waals surface area contributed by atoms with Crippen molar-refractivity contribution in [1.29, 1.82) is 0 Å². The van der Waals surface area contributed by atoms with Crippen molar-refractivity contribution in [2.45, 2.75) is 0 Å². The lowest BCUT2D eigenvalue weighted by atomic mass is 10.2. The van der Waals surface area contributed by atoms with Crippen LogP contribution < -0.4 is 4.90 Å². The molecule has 2 aromatic rings. The minimum atomic E-state index is -1.20. The molecule has 1 aromatic heterocycles. The number of fused-ring (bicyclic) bond motifs is 1. The standard InChI is InChI=1S/C10H9FN2O3/c1-13(2)10-12-7-4-5(9(14)15)3-6(11)8(7)16-10/h3-4H,1-2H3,(H,14,15). The largest absolute Gasteiger partial charge is 0.478 e. The van der Waals surface area contributed by atoms with E-state index >= 15 is 0 Å². The van der Waals surface area contributed by atoms with Gasteiger partial charge in [-0.2, -0.15) is 4.98 Å². The second-order valence-corrected chi connectivity index (χ2v) is 3.50. The van der Waals surface area contributed by atoms with Gasteiger partial charge in [0.05, 0.1) is 5.56 Å². The molecular formula is C10H9FN2O3. The molecule has 0 fully saturated rings. The van der Waals surface area contributed by atoms with Gasteiger partial charge in [-0.3, -0.25) is 0 Å². The molecule has 0 saturated carbocycles. The molecule has 0 aliphatic heterocycles. The summed E-state index contributed by atoms with van der Waals surface area (Å²) in [6, 6.07) is 2.42. The first-order chi connectivity index (χ1) is 7.49. The van der Waals surface area contributed by atoms with Crippen LogP contribution >= 0.6 is 0 Å². The number of carbonyl (C=O) groups is 1. The van der Waals surface area contributed by atoms with E-state index in [-0.39, 0.29) is 22.7 Å². The van der Waals surface area contributed by atoms with Gasteiger partial charge in [0, 0.05) is 14.1 Å². The summed E-state index contributed by atoms with van der Waals surface area (Å²) in [5, 5.41) is 8.75.